The molecule has 6 nitrogen and oxygen atoms in total. The van der Waals surface area contributed by atoms with Crippen LogP contribution in [0.1, 0.15) is 17.4 Å². The number of carbonyl (C=O) groups excluding carboxylic acids is 1. The van der Waals surface area contributed by atoms with Gasteiger partial charge in [0.1, 0.15) is 23.0 Å². The largest absolute Gasteiger partial charge is 0.383 e. The van der Waals surface area contributed by atoms with Gasteiger partial charge in [-0.05, 0) is 26.3 Å². The predicted octanol–water partition coefficient (Wildman–Crippen LogP) is 1.87. The third-order valence-electron chi connectivity index (χ3n) is 3.32. The van der Waals surface area contributed by atoms with Crippen LogP contribution in [0.25, 0.3) is 10.2 Å². The normalized spacial score (nSPS) is 12.4. The van der Waals surface area contributed by atoms with Crippen LogP contribution in [0.3, 0.4) is 0 Å². The lowest BCUT2D eigenvalue weighted by atomic mass is 10.2. The Bertz CT molecular complexity index is 641. The van der Waals surface area contributed by atoms with Crippen molar-refractivity contribution in [3.63, 3.8) is 0 Å². The van der Waals surface area contributed by atoms with Crippen LogP contribution in [-0.2, 0) is 9.53 Å². The summed E-state index contributed by atoms with van der Waals surface area (Å²) in [6, 6.07) is -0.375. The molecule has 0 radical (unpaired) electrons. The number of aromatic nitrogens is 2. The highest BCUT2D eigenvalue weighted by Gasteiger charge is 2.17. The van der Waals surface area contributed by atoms with Crippen LogP contribution >= 0.6 is 11.3 Å². The monoisotopic (exact) mass is 308 g/mol. The van der Waals surface area contributed by atoms with Crippen LogP contribution in [0.2, 0.25) is 0 Å². The molecule has 1 amide bonds. The van der Waals surface area contributed by atoms with Gasteiger partial charge in [-0.1, -0.05) is 0 Å². The average molecular weight is 308 g/mol. The zero-order valence-corrected chi connectivity index (χ0v) is 13.5. The van der Waals surface area contributed by atoms with E-state index >= 15 is 0 Å². The molecule has 0 aliphatic heterocycles. The molecule has 0 aromatic carbocycles. The molecule has 0 spiro atoms. The van der Waals surface area contributed by atoms with Crippen molar-refractivity contribution in [3.05, 3.63) is 16.8 Å². The van der Waals surface area contributed by atoms with Gasteiger partial charge in [0.2, 0.25) is 5.91 Å². The van der Waals surface area contributed by atoms with Crippen LogP contribution in [0.4, 0.5) is 5.82 Å². The molecule has 2 aromatic rings. The van der Waals surface area contributed by atoms with E-state index < -0.39 is 0 Å². The fraction of sp³-hybridized carbons (Fsp3) is 0.500. The Hall–Kier alpha value is -1.73. The molecule has 0 saturated heterocycles. The topological polar surface area (TPSA) is 76.1 Å². The van der Waals surface area contributed by atoms with Crippen molar-refractivity contribution in [2.24, 2.45) is 0 Å². The Kier molecular flexibility index (Phi) is 5.08. The van der Waals surface area contributed by atoms with Crippen molar-refractivity contribution in [3.8, 4) is 0 Å². The standard InChI is InChI=1S/C14H20N4O2S/c1-8-10(3)21-14-11(8)12(16-7-17-14)18-9(2)13(19)15-5-6-20-4/h7,9H,5-6H2,1-4H3,(H,15,19)(H,16,17,18). The molecule has 2 N–H and O–H groups in total. The summed E-state index contributed by atoms with van der Waals surface area (Å²) in [5, 5.41) is 6.97. The summed E-state index contributed by atoms with van der Waals surface area (Å²) in [5.41, 5.74) is 1.16. The number of anilines is 1. The first-order valence-corrected chi connectivity index (χ1v) is 7.60. The quantitative estimate of drug-likeness (QED) is 0.797. The zero-order valence-electron chi connectivity index (χ0n) is 12.7. The van der Waals surface area contributed by atoms with Gasteiger partial charge in [0, 0.05) is 18.5 Å². The molecule has 1 atom stereocenters. The van der Waals surface area contributed by atoms with E-state index in [4.69, 9.17) is 4.74 Å². The summed E-state index contributed by atoms with van der Waals surface area (Å²) in [4.78, 5) is 22.7. The minimum Gasteiger partial charge on any atom is -0.383 e. The Morgan fingerprint density at radius 3 is 2.90 bits per heavy atom. The fourth-order valence-corrected chi connectivity index (χ4v) is 2.99. The minimum atomic E-state index is -0.375. The number of ether oxygens (including phenoxy) is 1. The van der Waals surface area contributed by atoms with Gasteiger partial charge in [-0.3, -0.25) is 4.79 Å². The number of aryl methyl sites for hydroxylation is 2. The van der Waals surface area contributed by atoms with E-state index in [-0.39, 0.29) is 11.9 Å². The molecular weight excluding hydrogens is 288 g/mol. The number of hydrogen-bond acceptors (Lipinski definition) is 6. The summed E-state index contributed by atoms with van der Waals surface area (Å²) in [7, 11) is 1.60. The van der Waals surface area contributed by atoms with E-state index in [9.17, 15) is 4.79 Å². The molecule has 2 rings (SSSR count). The summed E-state index contributed by atoms with van der Waals surface area (Å²) in [5.74, 6) is 0.625. The van der Waals surface area contributed by atoms with Gasteiger partial charge in [-0.2, -0.15) is 0 Å². The second-order valence-electron chi connectivity index (χ2n) is 4.84. The lowest BCUT2D eigenvalue weighted by Crippen LogP contribution is -2.39. The third-order valence-corrected chi connectivity index (χ3v) is 4.43. The van der Waals surface area contributed by atoms with Crippen LogP contribution in [0, 0.1) is 13.8 Å². The van der Waals surface area contributed by atoms with Crippen LogP contribution in [0.15, 0.2) is 6.33 Å². The summed E-state index contributed by atoms with van der Waals surface area (Å²) in [6.07, 6.45) is 1.52. The summed E-state index contributed by atoms with van der Waals surface area (Å²) < 4.78 is 4.91. The highest BCUT2D eigenvalue weighted by molar-refractivity contribution is 7.18. The molecule has 2 heterocycles. The van der Waals surface area contributed by atoms with Crippen molar-refractivity contribution in [1.29, 1.82) is 0 Å². The van der Waals surface area contributed by atoms with Gasteiger partial charge in [0.05, 0.1) is 12.0 Å². The van der Waals surface area contributed by atoms with Gasteiger partial charge < -0.3 is 15.4 Å². The van der Waals surface area contributed by atoms with Crippen molar-refractivity contribution >= 4 is 33.3 Å². The average Bonchev–Trinajstić information content (AvgIpc) is 2.75. The summed E-state index contributed by atoms with van der Waals surface area (Å²) >= 11 is 1.64. The number of nitrogens with one attached hydrogen (secondary N) is 2. The molecule has 0 aliphatic rings. The number of carbonyl (C=O) groups is 1. The lowest BCUT2D eigenvalue weighted by Gasteiger charge is -2.15. The molecule has 2 aromatic heterocycles. The maximum Gasteiger partial charge on any atom is 0.242 e. The Morgan fingerprint density at radius 1 is 1.43 bits per heavy atom. The number of nitrogens with zero attached hydrogens (tertiary/aromatic N) is 2. The van der Waals surface area contributed by atoms with Crippen molar-refractivity contribution in [1.82, 2.24) is 15.3 Å². The highest BCUT2D eigenvalue weighted by Crippen LogP contribution is 2.32. The van der Waals surface area contributed by atoms with Gasteiger partial charge in [0.25, 0.3) is 0 Å². The van der Waals surface area contributed by atoms with Crippen molar-refractivity contribution < 1.29 is 9.53 Å². The SMILES string of the molecule is COCCNC(=O)C(C)Nc1ncnc2sc(C)c(C)c12. The lowest BCUT2D eigenvalue weighted by molar-refractivity contribution is -0.121. The molecule has 0 fully saturated rings. The van der Waals surface area contributed by atoms with Crippen molar-refractivity contribution in [2.45, 2.75) is 26.8 Å². The van der Waals surface area contributed by atoms with Gasteiger partial charge in [-0.25, -0.2) is 9.97 Å². The van der Waals surface area contributed by atoms with E-state index in [2.05, 4.69) is 27.5 Å². The molecule has 7 heteroatoms. The van der Waals surface area contributed by atoms with Crippen LogP contribution in [-0.4, -0.2) is 42.2 Å². The molecule has 114 valence electrons. The van der Waals surface area contributed by atoms with Crippen LogP contribution in [0.5, 0.6) is 0 Å². The Labute approximate surface area is 127 Å². The predicted molar refractivity (Wildman–Crippen MR) is 84.9 cm³/mol. The second-order valence-corrected chi connectivity index (χ2v) is 6.04. The van der Waals surface area contributed by atoms with Gasteiger partial charge in [-0.15, -0.1) is 11.3 Å². The second kappa shape index (κ2) is 6.82. The van der Waals surface area contributed by atoms with Gasteiger partial charge >= 0.3 is 0 Å². The van der Waals surface area contributed by atoms with E-state index in [0.29, 0.717) is 19.0 Å². The van der Waals surface area contributed by atoms with Gasteiger partial charge in [0.15, 0.2) is 0 Å². The minimum absolute atomic E-state index is 0.0802. The number of methoxy groups -OCH3 is 1. The number of thiophene rings is 1. The Morgan fingerprint density at radius 2 is 2.19 bits per heavy atom. The zero-order chi connectivity index (χ0) is 15.4. The Balaban J connectivity index is 2.14. The van der Waals surface area contributed by atoms with E-state index in [1.54, 1.807) is 18.4 Å². The van der Waals surface area contributed by atoms with E-state index in [1.165, 1.54) is 11.2 Å². The number of amides is 1. The molecule has 1 unspecified atom stereocenters. The van der Waals surface area contributed by atoms with E-state index in [0.717, 1.165) is 15.8 Å². The number of rotatable bonds is 6. The molecule has 21 heavy (non-hydrogen) atoms. The smallest absolute Gasteiger partial charge is 0.242 e. The first-order valence-electron chi connectivity index (χ1n) is 6.78. The number of hydrogen-bond donors (Lipinski definition) is 2. The molecule has 0 bridgehead atoms. The van der Waals surface area contributed by atoms with E-state index in [1.807, 2.05) is 13.8 Å². The number of fused-ring (bicyclic) bond motifs is 1. The molecular formula is C14H20N4O2S. The maximum atomic E-state index is 12.0. The maximum absolute atomic E-state index is 12.0. The fourth-order valence-electron chi connectivity index (χ4n) is 1.99. The van der Waals surface area contributed by atoms with Crippen LogP contribution < -0.4 is 10.6 Å². The van der Waals surface area contributed by atoms with Crippen molar-refractivity contribution in [2.75, 3.05) is 25.6 Å². The molecule has 0 aliphatic carbocycles. The molecule has 0 saturated carbocycles. The highest BCUT2D eigenvalue weighted by atomic mass is 32.1. The third kappa shape index (κ3) is 3.48. The first-order chi connectivity index (χ1) is 10.0. The summed E-state index contributed by atoms with van der Waals surface area (Å²) in [6.45, 7) is 6.92. The first kappa shape index (κ1) is 15.7.